The molecule has 0 bridgehead atoms. The number of amides is 1. The molecule has 0 aliphatic heterocycles. The van der Waals surface area contributed by atoms with Crippen molar-refractivity contribution in [2.75, 3.05) is 0 Å². The number of carboxylic acid groups (broad SMARTS) is 1. The van der Waals surface area contributed by atoms with Gasteiger partial charge in [-0.3, -0.25) is 4.79 Å². The van der Waals surface area contributed by atoms with Gasteiger partial charge in [-0.2, -0.15) is 0 Å². The second-order valence-electron chi connectivity index (χ2n) is 9.57. The van der Waals surface area contributed by atoms with E-state index in [1.54, 1.807) is 18.2 Å². The molecule has 39 heavy (non-hydrogen) atoms. The number of rotatable bonds is 8. The Bertz CT molecular complexity index is 1750. The first-order valence-electron chi connectivity index (χ1n) is 12.6. The number of carbonyl (C=O) groups is 2. The second kappa shape index (κ2) is 10.5. The lowest BCUT2D eigenvalue weighted by Gasteiger charge is -2.15. The molecule has 1 amide bonds. The minimum Gasteiger partial charge on any atom is -0.508 e. The number of nitrogens with one attached hydrogen (secondary N) is 1. The van der Waals surface area contributed by atoms with E-state index in [0.717, 1.165) is 27.7 Å². The summed E-state index contributed by atoms with van der Waals surface area (Å²) in [5.74, 6) is -0.846. The Morgan fingerprint density at radius 2 is 1.62 bits per heavy atom. The van der Waals surface area contributed by atoms with Crippen molar-refractivity contribution in [3.63, 3.8) is 0 Å². The van der Waals surface area contributed by atoms with Gasteiger partial charge in [0.25, 0.3) is 0 Å². The molecule has 3 N–H and O–H groups in total. The van der Waals surface area contributed by atoms with E-state index in [1.807, 2.05) is 50.2 Å². The number of fused-ring (bicyclic) bond motifs is 2. The van der Waals surface area contributed by atoms with E-state index in [9.17, 15) is 24.6 Å². The molecule has 0 fully saturated rings. The molecule has 5 rings (SSSR count). The Morgan fingerprint density at radius 1 is 0.923 bits per heavy atom. The van der Waals surface area contributed by atoms with Crippen LogP contribution in [0.15, 0.2) is 80.4 Å². The molecule has 2 aromatic heterocycles. The summed E-state index contributed by atoms with van der Waals surface area (Å²) < 4.78 is 11.6. The fourth-order valence-electron chi connectivity index (χ4n) is 4.93. The maximum Gasteiger partial charge on any atom is 0.339 e. The highest BCUT2D eigenvalue weighted by atomic mass is 16.4. The zero-order valence-electron chi connectivity index (χ0n) is 21.5. The van der Waals surface area contributed by atoms with Crippen molar-refractivity contribution < 1.29 is 28.6 Å². The molecule has 3 aromatic carbocycles. The first-order valence-corrected chi connectivity index (χ1v) is 12.6. The van der Waals surface area contributed by atoms with Gasteiger partial charge in [0.1, 0.15) is 28.7 Å². The number of carboxylic acids is 1. The highest BCUT2D eigenvalue weighted by Crippen LogP contribution is 2.37. The number of furan rings is 1. The Kier molecular flexibility index (Phi) is 6.94. The van der Waals surface area contributed by atoms with E-state index in [2.05, 4.69) is 5.32 Å². The number of aliphatic carboxylic acids is 1. The fraction of sp³-hybridized carbons (Fsp3) is 0.194. The first-order chi connectivity index (χ1) is 18.7. The Morgan fingerprint density at radius 3 is 2.31 bits per heavy atom. The van der Waals surface area contributed by atoms with Crippen molar-refractivity contribution in [1.82, 2.24) is 5.32 Å². The zero-order chi connectivity index (χ0) is 27.7. The molecule has 198 valence electrons. The second-order valence-corrected chi connectivity index (χ2v) is 9.57. The zero-order valence-corrected chi connectivity index (χ0v) is 21.5. The van der Waals surface area contributed by atoms with Crippen LogP contribution in [0.2, 0.25) is 0 Å². The van der Waals surface area contributed by atoms with Gasteiger partial charge in [-0.05, 0) is 55.2 Å². The summed E-state index contributed by atoms with van der Waals surface area (Å²) in [7, 11) is 0. The van der Waals surface area contributed by atoms with Crippen LogP contribution in [-0.4, -0.2) is 28.1 Å². The third kappa shape index (κ3) is 5.27. The van der Waals surface area contributed by atoms with E-state index in [0.29, 0.717) is 27.9 Å². The maximum absolute atomic E-state index is 12.9. The SMILES string of the molecule is Cc1oc2cc3oc(=O)c(CCC(=O)NC(Cc4ccc(O)cc4)C(=O)O)c(C)c3cc2c1-c1ccccc1. The molecule has 5 aromatic rings. The van der Waals surface area contributed by atoms with Gasteiger partial charge in [-0.25, -0.2) is 9.59 Å². The molecule has 0 spiro atoms. The molecule has 0 radical (unpaired) electrons. The lowest BCUT2D eigenvalue weighted by atomic mass is 9.98. The Balaban J connectivity index is 1.40. The van der Waals surface area contributed by atoms with Crippen molar-refractivity contribution in [3.05, 3.63) is 99.6 Å². The predicted molar refractivity (Wildman–Crippen MR) is 147 cm³/mol. The average Bonchev–Trinajstić information content (AvgIpc) is 3.23. The molecular weight excluding hydrogens is 498 g/mol. The Labute approximate surface area is 223 Å². The van der Waals surface area contributed by atoms with E-state index in [4.69, 9.17) is 8.83 Å². The molecule has 8 nitrogen and oxygen atoms in total. The van der Waals surface area contributed by atoms with Crippen LogP contribution in [0.1, 0.15) is 28.9 Å². The molecule has 0 aliphatic rings. The van der Waals surface area contributed by atoms with Crippen LogP contribution in [0.25, 0.3) is 33.1 Å². The fourth-order valence-corrected chi connectivity index (χ4v) is 4.93. The maximum atomic E-state index is 12.9. The van der Waals surface area contributed by atoms with Crippen LogP contribution in [-0.2, 0) is 22.4 Å². The minimum absolute atomic E-state index is 0.0579. The summed E-state index contributed by atoms with van der Waals surface area (Å²) >= 11 is 0. The summed E-state index contributed by atoms with van der Waals surface area (Å²) in [4.78, 5) is 37.3. The summed E-state index contributed by atoms with van der Waals surface area (Å²) in [6, 6.07) is 18.5. The number of phenolic OH excluding ortho intramolecular Hbond substituents is 1. The first kappa shape index (κ1) is 25.8. The van der Waals surface area contributed by atoms with Gasteiger partial charge in [0, 0.05) is 40.8 Å². The van der Waals surface area contributed by atoms with Crippen LogP contribution in [0.3, 0.4) is 0 Å². The molecule has 1 unspecified atom stereocenters. The molecular formula is C31H27NO7. The van der Waals surface area contributed by atoms with E-state index in [-0.39, 0.29) is 25.0 Å². The van der Waals surface area contributed by atoms with Gasteiger partial charge in [-0.1, -0.05) is 42.5 Å². The van der Waals surface area contributed by atoms with Gasteiger partial charge in [0.15, 0.2) is 0 Å². The number of hydrogen-bond donors (Lipinski definition) is 3. The van der Waals surface area contributed by atoms with Crippen LogP contribution in [0, 0.1) is 13.8 Å². The Hall–Kier alpha value is -4.85. The number of carbonyl (C=O) groups excluding carboxylic acids is 1. The standard InChI is InChI=1S/C31H27NO7/c1-17-22(12-13-28(34)32-25(30(35)36)14-19-8-10-21(33)11-9-19)31(37)39-26-16-27-24(15-23(17)26)29(18(2)38-27)20-6-4-3-5-7-20/h3-11,15-16,25,33H,12-14H2,1-2H3,(H,32,34)(H,35,36). The highest BCUT2D eigenvalue weighted by molar-refractivity contribution is 6.03. The van der Waals surface area contributed by atoms with Gasteiger partial charge in [0.05, 0.1) is 0 Å². The number of aryl methyl sites for hydroxylation is 2. The summed E-state index contributed by atoms with van der Waals surface area (Å²) in [5.41, 5.74) is 4.16. The highest BCUT2D eigenvalue weighted by Gasteiger charge is 2.22. The van der Waals surface area contributed by atoms with Crippen LogP contribution >= 0.6 is 0 Å². The monoisotopic (exact) mass is 525 g/mol. The number of aromatic hydroxyl groups is 1. The molecule has 0 aliphatic carbocycles. The van der Waals surface area contributed by atoms with Crippen molar-refractivity contribution in [1.29, 1.82) is 0 Å². The molecule has 8 heteroatoms. The van der Waals surface area contributed by atoms with E-state index in [1.165, 1.54) is 12.1 Å². The van der Waals surface area contributed by atoms with Crippen LogP contribution < -0.4 is 10.9 Å². The van der Waals surface area contributed by atoms with Crippen LogP contribution in [0.5, 0.6) is 5.75 Å². The third-order valence-corrected chi connectivity index (χ3v) is 6.95. The molecule has 1 atom stereocenters. The van der Waals surface area contributed by atoms with Crippen molar-refractivity contribution in [2.24, 2.45) is 0 Å². The topological polar surface area (TPSA) is 130 Å². The van der Waals surface area contributed by atoms with Gasteiger partial charge >= 0.3 is 11.6 Å². The summed E-state index contributed by atoms with van der Waals surface area (Å²) in [6.07, 6.45) is 0.0661. The number of phenols is 1. The molecule has 0 saturated carbocycles. The van der Waals surface area contributed by atoms with E-state index >= 15 is 0 Å². The van der Waals surface area contributed by atoms with Gasteiger partial charge < -0.3 is 24.4 Å². The van der Waals surface area contributed by atoms with Crippen molar-refractivity contribution >= 4 is 33.8 Å². The van der Waals surface area contributed by atoms with Crippen LogP contribution in [0.4, 0.5) is 0 Å². The average molecular weight is 526 g/mol. The summed E-state index contributed by atoms with van der Waals surface area (Å²) in [6.45, 7) is 3.71. The third-order valence-electron chi connectivity index (χ3n) is 6.95. The van der Waals surface area contributed by atoms with Gasteiger partial charge in [-0.15, -0.1) is 0 Å². The number of benzene rings is 3. The predicted octanol–water partition coefficient (Wildman–Crippen LogP) is 5.27. The lowest BCUT2D eigenvalue weighted by Crippen LogP contribution is -2.42. The molecule has 0 saturated heterocycles. The van der Waals surface area contributed by atoms with E-state index < -0.39 is 23.5 Å². The normalized spacial score (nSPS) is 12.1. The van der Waals surface area contributed by atoms with Crippen molar-refractivity contribution in [3.8, 4) is 16.9 Å². The smallest absolute Gasteiger partial charge is 0.339 e. The number of hydrogen-bond acceptors (Lipinski definition) is 6. The largest absolute Gasteiger partial charge is 0.508 e. The molecule has 2 heterocycles. The quantitative estimate of drug-likeness (QED) is 0.235. The summed E-state index contributed by atoms with van der Waals surface area (Å²) in [5, 5.41) is 23.2. The van der Waals surface area contributed by atoms with Gasteiger partial charge in [0.2, 0.25) is 5.91 Å². The van der Waals surface area contributed by atoms with Crippen molar-refractivity contribution in [2.45, 2.75) is 39.2 Å². The minimum atomic E-state index is -1.17. The lowest BCUT2D eigenvalue weighted by molar-refractivity contribution is -0.141.